The summed E-state index contributed by atoms with van der Waals surface area (Å²) in [6.07, 6.45) is 8.20. The summed E-state index contributed by atoms with van der Waals surface area (Å²) < 4.78 is 21.7. The third-order valence-electron chi connectivity index (χ3n) is 13.5. The molecule has 8 atom stereocenters. The van der Waals surface area contributed by atoms with E-state index in [1.54, 1.807) is 0 Å². The first-order valence-electron chi connectivity index (χ1n) is 22.8. The van der Waals surface area contributed by atoms with E-state index in [4.69, 9.17) is 28.9 Å². The van der Waals surface area contributed by atoms with Crippen LogP contribution in [0.2, 0.25) is 0 Å². The number of nitrogens with one attached hydrogen (secondary N) is 4. The molecule has 0 spiro atoms. The highest BCUT2D eigenvalue weighted by Gasteiger charge is 2.43. The Morgan fingerprint density at radius 2 is 0.938 bits per heavy atom. The maximum atomic E-state index is 14.2. The molecule has 4 fully saturated rings. The standard InChI is InChI=1S/C48H62N8O8/c1-27-21-35(22-28(2)63-27)41(53-47(59)61-5)45(57)55-19-7-9-39(55)43-49-25-37(51-43)33-15-11-31(12-16-33)32-13-17-34(18-14-32)38-26-50-44(52-38)40-10-8-20-56(40)46(58)42(54-48(60)62-6)36-23-29(3)64-30(4)24-36/h11-18,25-30,35-36,39-42H,7-10,19-24H2,1-6H3,(H,49,51)(H,50,52)(H,53,59)(H,54,60)/t27-,28-,29-,30-,39+,40+,41+,42?/m1/s1. The summed E-state index contributed by atoms with van der Waals surface area (Å²) in [4.78, 5) is 73.4. The van der Waals surface area contributed by atoms with Gasteiger partial charge in [0.25, 0.3) is 0 Å². The smallest absolute Gasteiger partial charge is 0.407 e. The van der Waals surface area contributed by atoms with E-state index in [1.165, 1.54) is 14.2 Å². The highest BCUT2D eigenvalue weighted by Crippen LogP contribution is 2.38. The molecule has 0 saturated carbocycles. The number of likely N-dealkylation sites (tertiary alicyclic amines) is 2. The number of H-pyrrole nitrogens is 2. The average Bonchev–Trinajstić information content (AvgIpc) is 4.14. The number of aromatic amines is 2. The molecule has 16 heteroatoms. The van der Waals surface area contributed by atoms with Crippen molar-refractivity contribution in [3.63, 3.8) is 0 Å². The largest absolute Gasteiger partial charge is 0.453 e. The summed E-state index contributed by atoms with van der Waals surface area (Å²) in [5.74, 6) is 1.05. The van der Waals surface area contributed by atoms with Crippen LogP contribution in [0.3, 0.4) is 0 Å². The van der Waals surface area contributed by atoms with E-state index in [9.17, 15) is 19.2 Å². The van der Waals surface area contributed by atoms with Crippen molar-refractivity contribution in [2.45, 2.75) is 128 Å². The highest BCUT2D eigenvalue weighted by atomic mass is 16.5. The highest BCUT2D eigenvalue weighted by molar-refractivity contribution is 5.87. The van der Waals surface area contributed by atoms with Gasteiger partial charge in [0.1, 0.15) is 23.7 Å². The Morgan fingerprint density at radius 3 is 1.28 bits per heavy atom. The Labute approximate surface area is 374 Å². The van der Waals surface area contributed by atoms with Crippen molar-refractivity contribution < 1.29 is 38.1 Å². The second kappa shape index (κ2) is 19.6. The van der Waals surface area contributed by atoms with E-state index >= 15 is 0 Å². The fourth-order valence-corrected chi connectivity index (χ4v) is 10.6. The summed E-state index contributed by atoms with van der Waals surface area (Å²) in [6.45, 7) is 9.17. The third-order valence-corrected chi connectivity index (χ3v) is 13.5. The van der Waals surface area contributed by atoms with Gasteiger partial charge in [0.15, 0.2) is 0 Å². The van der Waals surface area contributed by atoms with Crippen LogP contribution >= 0.6 is 0 Å². The number of carbonyl (C=O) groups excluding carboxylic acids is 4. The number of methoxy groups -OCH3 is 2. The van der Waals surface area contributed by atoms with Crippen LogP contribution in [-0.2, 0) is 28.5 Å². The first kappa shape index (κ1) is 44.9. The van der Waals surface area contributed by atoms with Gasteiger partial charge >= 0.3 is 12.2 Å². The van der Waals surface area contributed by atoms with Crippen LogP contribution in [0.5, 0.6) is 0 Å². The Kier molecular flexibility index (Phi) is 13.7. The van der Waals surface area contributed by atoms with Crippen LogP contribution in [0.4, 0.5) is 9.59 Å². The van der Waals surface area contributed by atoms with E-state index in [1.807, 2.05) is 49.9 Å². The van der Waals surface area contributed by atoms with Crippen LogP contribution in [0.15, 0.2) is 60.9 Å². The number of ether oxygens (including phenoxy) is 4. The second-order valence-electron chi connectivity index (χ2n) is 18.1. The molecule has 4 aliphatic rings. The SMILES string of the molecule is COC(=O)NC(C(=O)N1CCC[C@H]1c1ncc(-c2ccc(-c3ccc(-c4cnc([C@@H]5CCCN5C(=O)[C@@H](NC(=O)OC)C5C[C@@H](C)O[C@H](C)C5)[nH]4)cc3)cc2)[nH]1)C1C[C@@H](C)O[C@H](C)C1. The van der Waals surface area contributed by atoms with Crippen molar-refractivity contribution in [2.75, 3.05) is 27.3 Å². The molecule has 64 heavy (non-hydrogen) atoms. The van der Waals surface area contributed by atoms with Crippen LogP contribution in [0.25, 0.3) is 33.6 Å². The molecule has 4 aliphatic heterocycles. The lowest BCUT2D eigenvalue weighted by Gasteiger charge is -2.38. The Hall–Kier alpha value is -5.74. The molecule has 1 unspecified atom stereocenters. The number of aromatic nitrogens is 4. The third kappa shape index (κ3) is 9.82. The van der Waals surface area contributed by atoms with Crippen LogP contribution in [-0.4, -0.2) is 118 Å². The second-order valence-corrected chi connectivity index (χ2v) is 18.1. The molecular formula is C48H62N8O8. The van der Waals surface area contributed by atoms with Crippen LogP contribution in [0, 0.1) is 11.8 Å². The summed E-state index contributed by atoms with van der Waals surface area (Å²) in [5, 5.41) is 5.71. The normalized spacial score (nSPS) is 26.8. The zero-order valence-corrected chi connectivity index (χ0v) is 37.7. The minimum atomic E-state index is -0.719. The van der Waals surface area contributed by atoms with Crippen LogP contribution < -0.4 is 10.6 Å². The van der Waals surface area contributed by atoms with Gasteiger partial charge in [0, 0.05) is 13.1 Å². The summed E-state index contributed by atoms with van der Waals surface area (Å²) in [5.41, 5.74) is 5.76. The van der Waals surface area contributed by atoms with E-state index in [0.717, 1.165) is 71.0 Å². The van der Waals surface area contributed by atoms with Gasteiger partial charge in [0.2, 0.25) is 11.8 Å². The maximum absolute atomic E-state index is 14.2. The maximum Gasteiger partial charge on any atom is 0.407 e. The first-order valence-corrected chi connectivity index (χ1v) is 22.8. The fourth-order valence-electron chi connectivity index (χ4n) is 10.6. The molecule has 342 valence electrons. The van der Waals surface area contributed by atoms with Gasteiger partial charge in [-0.15, -0.1) is 0 Å². The predicted octanol–water partition coefficient (Wildman–Crippen LogP) is 7.32. The minimum absolute atomic E-state index is 0.0164. The molecule has 16 nitrogen and oxygen atoms in total. The van der Waals surface area contributed by atoms with Crippen molar-refractivity contribution in [2.24, 2.45) is 11.8 Å². The van der Waals surface area contributed by atoms with Crippen molar-refractivity contribution in [3.05, 3.63) is 72.6 Å². The first-order chi connectivity index (χ1) is 30.9. The number of benzene rings is 2. The molecule has 2 aromatic heterocycles. The van der Waals surface area contributed by atoms with Crippen molar-refractivity contribution >= 4 is 24.0 Å². The summed E-state index contributed by atoms with van der Waals surface area (Å²) in [6, 6.07) is 14.7. The number of hydrogen-bond donors (Lipinski definition) is 4. The number of alkyl carbamates (subject to hydrolysis) is 2. The molecule has 8 rings (SSSR count). The molecule has 4 aromatic rings. The van der Waals surface area contributed by atoms with Crippen molar-refractivity contribution in [1.29, 1.82) is 0 Å². The zero-order valence-electron chi connectivity index (χ0n) is 37.7. The molecule has 0 bridgehead atoms. The van der Waals surface area contributed by atoms with Gasteiger partial charge < -0.3 is 49.3 Å². The monoisotopic (exact) mass is 878 g/mol. The predicted molar refractivity (Wildman–Crippen MR) is 239 cm³/mol. The van der Waals surface area contributed by atoms with Gasteiger partial charge in [-0.05, 0) is 113 Å². The quantitative estimate of drug-likeness (QED) is 0.119. The van der Waals surface area contributed by atoms with Gasteiger partial charge in [0.05, 0.1) is 74.5 Å². The number of hydrogen-bond acceptors (Lipinski definition) is 10. The molecule has 0 aliphatic carbocycles. The number of nitrogens with zero attached hydrogens (tertiary/aromatic N) is 4. The lowest BCUT2D eigenvalue weighted by atomic mass is 9.85. The Bertz CT molecular complexity index is 2080. The van der Waals surface area contributed by atoms with E-state index in [2.05, 4.69) is 69.1 Å². The van der Waals surface area contributed by atoms with E-state index in [-0.39, 0.29) is 60.1 Å². The lowest BCUT2D eigenvalue weighted by molar-refractivity contribution is -0.139. The molecule has 4 saturated heterocycles. The van der Waals surface area contributed by atoms with E-state index < -0.39 is 24.3 Å². The molecule has 0 radical (unpaired) electrons. The van der Waals surface area contributed by atoms with Crippen LogP contribution in [0.1, 0.15) is 103 Å². The topological polar surface area (TPSA) is 193 Å². The van der Waals surface area contributed by atoms with E-state index in [0.29, 0.717) is 38.8 Å². The average molecular weight is 879 g/mol. The molecule has 2 aromatic carbocycles. The number of rotatable bonds is 11. The molecule has 4 N–H and O–H groups in total. The summed E-state index contributed by atoms with van der Waals surface area (Å²) >= 11 is 0. The van der Waals surface area contributed by atoms with Crippen molar-refractivity contribution in [1.82, 2.24) is 40.4 Å². The van der Waals surface area contributed by atoms with Gasteiger partial charge in [-0.2, -0.15) is 0 Å². The van der Waals surface area contributed by atoms with Crippen molar-refractivity contribution in [3.8, 4) is 33.6 Å². The molecule has 6 heterocycles. The number of imidazole rings is 2. The van der Waals surface area contributed by atoms with Gasteiger partial charge in [-0.25, -0.2) is 19.6 Å². The van der Waals surface area contributed by atoms with Gasteiger partial charge in [-0.3, -0.25) is 9.59 Å². The minimum Gasteiger partial charge on any atom is -0.453 e. The van der Waals surface area contributed by atoms with Gasteiger partial charge in [-0.1, -0.05) is 48.5 Å². The fraction of sp³-hybridized carbons (Fsp3) is 0.542. The number of amides is 4. The Balaban J connectivity index is 0.917. The lowest BCUT2D eigenvalue weighted by Crippen LogP contribution is -2.54. The zero-order chi connectivity index (χ0) is 45.1. The number of carbonyl (C=O) groups is 4. The summed E-state index contributed by atoms with van der Waals surface area (Å²) in [7, 11) is 2.62. The molecular weight excluding hydrogens is 817 g/mol. The Morgan fingerprint density at radius 1 is 0.594 bits per heavy atom. The molecule has 4 amide bonds.